The number of rotatable bonds is 21. The second kappa shape index (κ2) is 20.2. The highest BCUT2D eigenvalue weighted by Gasteiger charge is 2.22. The van der Waals surface area contributed by atoms with Crippen LogP contribution in [0.3, 0.4) is 0 Å². The van der Waals surface area contributed by atoms with Gasteiger partial charge in [0.2, 0.25) is 11.8 Å². The Kier molecular flexibility index (Phi) is 16.7. The molecule has 2 amide bonds. The van der Waals surface area contributed by atoms with Crippen molar-refractivity contribution in [3.05, 3.63) is 71.8 Å². The summed E-state index contributed by atoms with van der Waals surface area (Å²) < 4.78 is 0. The predicted octanol–water partition coefficient (Wildman–Crippen LogP) is 2.25. The number of nitrogens with two attached hydrogens (primary N) is 2. The van der Waals surface area contributed by atoms with Crippen molar-refractivity contribution in [3.8, 4) is 0 Å². The van der Waals surface area contributed by atoms with Crippen molar-refractivity contribution >= 4 is 11.8 Å². The van der Waals surface area contributed by atoms with E-state index in [1.807, 2.05) is 60.7 Å². The van der Waals surface area contributed by atoms with Crippen LogP contribution in [-0.2, 0) is 9.59 Å². The molecule has 0 fully saturated rings. The van der Waals surface area contributed by atoms with Gasteiger partial charge in [0.15, 0.2) is 0 Å². The normalized spacial score (nSPS) is 11.9. The van der Waals surface area contributed by atoms with Gasteiger partial charge in [-0.05, 0) is 88.8 Å². The molecule has 0 radical (unpaired) electrons. The van der Waals surface area contributed by atoms with E-state index in [9.17, 15) is 9.59 Å². The van der Waals surface area contributed by atoms with Crippen LogP contribution in [-0.4, -0.2) is 63.7 Å². The predicted molar refractivity (Wildman–Crippen MR) is 156 cm³/mol. The molecule has 0 aromatic heterocycles. The van der Waals surface area contributed by atoms with E-state index in [-0.39, 0.29) is 17.7 Å². The summed E-state index contributed by atoms with van der Waals surface area (Å²) in [5.74, 6) is -0.466. The molecule has 1 atom stereocenters. The molecule has 0 saturated carbocycles. The number of carbonyl (C=O) groups is 2. The van der Waals surface area contributed by atoms with Gasteiger partial charge in [-0.25, -0.2) is 0 Å². The summed E-state index contributed by atoms with van der Waals surface area (Å²) in [6, 6.07) is 19.1. The summed E-state index contributed by atoms with van der Waals surface area (Å²) in [5.41, 5.74) is 13.5. The first-order valence-corrected chi connectivity index (χ1v) is 14.2. The van der Waals surface area contributed by atoms with E-state index in [1.54, 1.807) is 0 Å². The smallest absolute Gasteiger partial charge is 0.236 e. The Morgan fingerprint density at radius 2 is 1.08 bits per heavy atom. The molecule has 38 heavy (non-hydrogen) atoms. The number of nitrogens with one attached hydrogen (secondary N) is 4. The number of carbonyl (C=O) groups excluding carboxylic acids is 2. The maximum absolute atomic E-state index is 13.0. The first-order chi connectivity index (χ1) is 18.6. The first-order valence-electron chi connectivity index (χ1n) is 14.2. The lowest BCUT2D eigenvalue weighted by Crippen LogP contribution is -2.41. The second-order valence-corrected chi connectivity index (χ2v) is 9.64. The Morgan fingerprint density at radius 3 is 1.66 bits per heavy atom. The quantitative estimate of drug-likeness (QED) is 0.139. The molecule has 210 valence electrons. The van der Waals surface area contributed by atoms with Crippen LogP contribution in [0.15, 0.2) is 60.7 Å². The van der Waals surface area contributed by atoms with E-state index in [1.165, 1.54) is 0 Å². The lowest BCUT2D eigenvalue weighted by molar-refractivity contribution is -0.123. The molecule has 0 bridgehead atoms. The molecule has 0 heterocycles. The van der Waals surface area contributed by atoms with Crippen molar-refractivity contribution in [1.82, 2.24) is 21.3 Å². The fourth-order valence-corrected chi connectivity index (χ4v) is 4.25. The highest BCUT2D eigenvalue weighted by atomic mass is 16.2. The lowest BCUT2D eigenvalue weighted by atomic mass is 9.90. The summed E-state index contributed by atoms with van der Waals surface area (Å²) in [6.45, 7) is 5.80. The Balaban J connectivity index is 1.53. The Morgan fingerprint density at radius 1 is 0.605 bits per heavy atom. The van der Waals surface area contributed by atoms with Gasteiger partial charge in [0.05, 0.1) is 12.0 Å². The van der Waals surface area contributed by atoms with E-state index in [2.05, 4.69) is 21.3 Å². The standard InChI is InChI=1S/C30H48N6O2/c31-18-11-21-33-19-9-10-20-34-22-12-24-35-29(37)27(32)17-7-8-23-36-30(38)28(25-13-3-1-4-14-25)26-15-5-2-6-16-26/h1-6,13-16,27-28,33-34H,7-12,17-24,31-32H2,(H,35,37)(H,36,38)/t27-/m0/s1. The molecule has 0 aliphatic heterocycles. The summed E-state index contributed by atoms with van der Waals surface area (Å²) in [7, 11) is 0. The van der Waals surface area contributed by atoms with Crippen LogP contribution in [0.4, 0.5) is 0 Å². The third kappa shape index (κ3) is 13.1. The van der Waals surface area contributed by atoms with Crippen molar-refractivity contribution < 1.29 is 9.59 Å². The minimum Gasteiger partial charge on any atom is -0.355 e. The monoisotopic (exact) mass is 524 g/mol. The Hall–Kier alpha value is -2.78. The van der Waals surface area contributed by atoms with Crippen molar-refractivity contribution in [2.45, 2.75) is 56.9 Å². The SMILES string of the molecule is NCCCNCCCCNCCCNC(=O)[C@@H](N)CCCCNC(=O)C(c1ccccc1)c1ccccc1. The maximum Gasteiger partial charge on any atom is 0.236 e. The van der Waals surface area contributed by atoms with Crippen LogP contribution < -0.4 is 32.7 Å². The number of benzene rings is 2. The third-order valence-corrected chi connectivity index (χ3v) is 6.45. The zero-order chi connectivity index (χ0) is 27.3. The second-order valence-electron chi connectivity index (χ2n) is 9.64. The average molecular weight is 525 g/mol. The van der Waals surface area contributed by atoms with Crippen molar-refractivity contribution in [3.63, 3.8) is 0 Å². The number of amides is 2. The fourth-order valence-electron chi connectivity index (χ4n) is 4.25. The van der Waals surface area contributed by atoms with Crippen LogP contribution in [0.5, 0.6) is 0 Å². The van der Waals surface area contributed by atoms with Crippen LogP contribution in [0.25, 0.3) is 0 Å². The largest absolute Gasteiger partial charge is 0.355 e. The highest BCUT2D eigenvalue weighted by Crippen LogP contribution is 2.24. The molecule has 8 N–H and O–H groups in total. The zero-order valence-corrected chi connectivity index (χ0v) is 22.8. The van der Waals surface area contributed by atoms with Gasteiger partial charge in [-0.2, -0.15) is 0 Å². The highest BCUT2D eigenvalue weighted by molar-refractivity contribution is 5.87. The van der Waals surface area contributed by atoms with E-state index in [4.69, 9.17) is 11.5 Å². The van der Waals surface area contributed by atoms with Gasteiger partial charge in [-0.15, -0.1) is 0 Å². The number of unbranched alkanes of at least 4 members (excludes halogenated alkanes) is 2. The van der Waals surface area contributed by atoms with E-state index < -0.39 is 6.04 Å². The topological polar surface area (TPSA) is 134 Å². The van der Waals surface area contributed by atoms with Gasteiger partial charge < -0.3 is 32.7 Å². The fraction of sp³-hybridized carbons (Fsp3) is 0.533. The van der Waals surface area contributed by atoms with E-state index in [0.717, 1.165) is 82.4 Å². The summed E-state index contributed by atoms with van der Waals surface area (Å²) in [6.07, 6.45) is 6.33. The molecule has 0 spiro atoms. The Labute approximate surface area is 228 Å². The summed E-state index contributed by atoms with van der Waals surface area (Å²) >= 11 is 0. The van der Waals surface area contributed by atoms with Crippen LogP contribution >= 0.6 is 0 Å². The molecule has 0 aliphatic rings. The van der Waals surface area contributed by atoms with Crippen molar-refractivity contribution in [2.24, 2.45) is 11.5 Å². The first kappa shape index (κ1) is 31.4. The lowest BCUT2D eigenvalue weighted by Gasteiger charge is -2.18. The molecule has 2 aromatic carbocycles. The molecule has 0 saturated heterocycles. The van der Waals surface area contributed by atoms with Crippen molar-refractivity contribution in [1.29, 1.82) is 0 Å². The average Bonchev–Trinajstić information content (AvgIpc) is 2.94. The molecule has 2 rings (SSSR count). The van der Waals surface area contributed by atoms with Gasteiger partial charge >= 0.3 is 0 Å². The third-order valence-electron chi connectivity index (χ3n) is 6.45. The molecule has 8 nitrogen and oxygen atoms in total. The van der Waals surface area contributed by atoms with Crippen LogP contribution in [0.1, 0.15) is 62.0 Å². The number of hydrogen-bond acceptors (Lipinski definition) is 6. The summed E-state index contributed by atoms with van der Waals surface area (Å²) in [5, 5.41) is 12.8. The molecule has 0 aliphatic carbocycles. The van der Waals surface area contributed by atoms with E-state index in [0.29, 0.717) is 19.5 Å². The Bertz CT molecular complexity index is 841. The molecular weight excluding hydrogens is 476 g/mol. The number of hydrogen-bond donors (Lipinski definition) is 6. The molecule has 8 heteroatoms. The van der Waals surface area contributed by atoms with E-state index >= 15 is 0 Å². The zero-order valence-electron chi connectivity index (χ0n) is 22.8. The minimum atomic E-state index is -0.521. The molecule has 0 unspecified atom stereocenters. The summed E-state index contributed by atoms with van der Waals surface area (Å²) in [4.78, 5) is 25.3. The van der Waals surface area contributed by atoms with Crippen molar-refractivity contribution in [2.75, 3.05) is 45.8 Å². The molecule has 2 aromatic rings. The van der Waals surface area contributed by atoms with Crippen LogP contribution in [0.2, 0.25) is 0 Å². The minimum absolute atomic E-state index is 0.0165. The van der Waals surface area contributed by atoms with Gasteiger partial charge in [0.25, 0.3) is 0 Å². The van der Waals surface area contributed by atoms with Gasteiger partial charge in [0.1, 0.15) is 0 Å². The van der Waals surface area contributed by atoms with Crippen LogP contribution in [0, 0.1) is 0 Å². The van der Waals surface area contributed by atoms with Gasteiger partial charge in [0, 0.05) is 13.1 Å². The molecular formula is C30H48N6O2. The van der Waals surface area contributed by atoms with Gasteiger partial charge in [-0.3, -0.25) is 9.59 Å². The maximum atomic E-state index is 13.0. The van der Waals surface area contributed by atoms with Gasteiger partial charge in [-0.1, -0.05) is 60.7 Å².